The molecule has 25 heavy (non-hydrogen) atoms. The van der Waals surface area contributed by atoms with E-state index in [-0.39, 0.29) is 11.7 Å². The van der Waals surface area contributed by atoms with E-state index in [1.807, 2.05) is 36.4 Å². The Morgan fingerprint density at radius 2 is 2.08 bits per heavy atom. The van der Waals surface area contributed by atoms with Crippen LogP contribution in [-0.2, 0) is 0 Å². The molecule has 0 unspecified atom stereocenters. The topological polar surface area (TPSA) is 101 Å². The summed E-state index contributed by atoms with van der Waals surface area (Å²) in [6.45, 7) is 0.883. The van der Waals surface area contributed by atoms with Gasteiger partial charge in [-0.15, -0.1) is 0 Å². The van der Waals surface area contributed by atoms with Crippen molar-refractivity contribution >= 4 is 11.6 Å². The molecule has 3 aromatic rings. The zero-order valence-electron chi connectivity index (χ0n) is 13.6. The quantitative estimate of drug-likeness (QED) is 0.762. The third-order valence-electron chi connectivity index (χ3n) is 4.43. The lowest BCUT2D eigenvalue weighted by Gasteiger charge is -2.25. The van der Waals surface area contributed by atoms with Gasteiger partial charge in [0.15, 0.2) is 5.82 Å². The third-order valence-corrected chi connectivity index (χ3v) is 4.43. The number of nitrogens with zero attached hydrogens (tertiary/aromatic N) is 4. The average Bonchev–Trinajstić information content (AvgIpc) is 3.32. The molecular formula is C18H18N6O. The number of nitrogens with two attached hydrogens (primary N) is 1. The second-order valence-electron chi connectivity index (χ2n) is 6.03. The van der Waals surface area contributed by atoms with Crippen molar-refractivity contribution in [3.63, 3.8) is 0 Å². The highest BCUT2D eigenvalue weighted by Gasteiger charge is 2.29. The Bertz CT molecular complexity index is 891. The second-order valence-corrected chi connectivity index (χ2v) is 6.03. The van der Waals surface area contributed by atoms with Crippen molar-refractivity contribution in [1.29, 1.82) is 0 Å². The number of pyridine rings is 1. The summed E-state index contributed by atoms with van der Waals surface area (Å²) in [5.41, 5.74) is 7.52. The maximum absolute atomic E-state index is 11.4. The Hall–Kier alpha value is -3.22. The first-order chi connectivity index (χ1) is 12.2. The maximum Gasteiger partial charge on any atom is 0.267 e. The molecule has 1 aliphatic heterocycles. The highest BCUT2D eigenvalue weighted by Crippen LogP contribution is 2.35. The lowest BCUT2D eigenvalue weighted by Crippen LogP contribution is -2.24. The summed E-state index contributed by atoms with van der Waals surface area (Å²) in [6.07, 6.45) is 3.62. The molecule has 1 amide bonds. The van der Waals surface area contributed by atoms with Crippen LogP contribution in [0, 0.1) is 0 Å². The fourth-order valence-corrected chi connectivity index (χ4v) is 3.23. The van der Waals surface area contributed by atoms with Crippen LogP contribution in [0.4, 0.5) is 5.69 Å². The predicted molar refractivity (Wildman–Crippen MR) is 93.9 cm³/mol. The van der Waals surface area contributed by atoms with Crippen LogP contribution >= 0.6 is 0 Å². The Morgan fingerprint density at radius 3 is 2.88 bits per heavy atom. The molecule has 2 aromatic heterocycles. The summed E-state index contributed by atoms with van der Waals surface area (Å²) in [4.78, 5) is 22.3. The van der Waals surface area contributed by atoms with Gasteiger partial charge >= 0.3 is 0 Å². The van der Waals surface area contributed by atoms with Crippen molar-refractivity contribution in [1.82, 2.24) is 20.2 Å². The highest BCUT2D eigenvalue weighted by atomic mass is 16.1. The number of anilines is 1. The zero-order valence-corrected chi connectivity index (χ0v) is 13.6. The lowest BCUT2D eigenvalue weighted by atomic mass is 10.2. The monoisotopic (exact) mass is 334 g/mol. The summed E-state index contributed by atoms with van der Waals surface area (Å²) in [6, 6.07) is 13.6. The summed E-state index contributed by atoms with van der Waals surface area (Å²) in [5.74, 6) is 0.993. The van der Waals surface area contributed by atoms with E-state index >= 15 is 0 Å². The van der Waals surface area contributed by atoms with Gasteiger partial charge in [0.05, 0.1) is 6.04 Å². The van der Waals surface area contributed by atoms with Gasteiger partial charge in [0.2, 0.25) is 0 Å². The molecule has 0 radical (unpaired) electrons. The first-order valence-corrected chi connectivity index (χ1v) is 8.22. The number of carbonyl (C=O) groups excluding carboxylic acids is 1. The van der Waals surface area contributed by atoms with Crippen LogP contribution in [0.1, 0.15) is 35.2 Å². The van der Waals surface area contributed by atoms with Crippen LogP contribution in [0.25, 0.3) is 11.4 Å². The SMILES string of the molecule is NC(=O)c1cc(N2CCC[C@@H]2c2nc(-c3ccccc3)n[nH]2)ccn1. The molecule has 0 saturated carbocycles. The van der Waals surface area contributed by atoms with E-state index in [1.54, 1.807) is 12.3 Å². The van der Waals surface area contributed by atoms with Crippen LogP contribution in [-0.4, -0.2) is 32.6 Å². The zero-order chi connectivity index (χ0) is 17.2. The van der Waals surface area contributed by atoms with Crippen molar-refractivity contribution in [2.45, 2.75) is 18.9 Å². The van der Waals surface area contributed by atoms with E-state index in [9.17, 15) is 4.79 Å². The minimum Gasteiger partial charge on any atom is -0.364 e. The van der Waals surface area contributed by atoms with Gasteiger partial charge in [-0.3, -0.25) is 14.9 Å². The largest absolute Gasteiger partial charge is 0.364 e. The van der Waals surface area contributed by atoms with E-state index in [4.69, 9.17) is 5.73 Å². The molecule has 1 aromatic carbocycles. The fraction of sp³-hybridized carbons (Fsp3) is 0.222. The minimum atomic E-state index is -0.524. The Morgan fingerprint density at radius 1 is 1.24 bits per heavy atom. The number of hydrogen-bond donors (Lipinski definition) is 2. The highest BCUT2D eigenvalue weighted by molar-refractivity contribution is 5.91. The molecule has 1 aliphatic rings. The summed E-state index contributed by atoms with van der Waals surface area (Å²) < 4.78 is 0. The Balaban J connectivity index is 1.63. The molecule has 7 nitrogen and oxygen atoms in total. The molecule has 3 heterocycles. The van der Waals surface area contributed by atoms with Gasteiger partial charge < -0.3 is 10.6 Å². The molecule has 3 N–H and O–H groups in total. The van der Waals surface area contributed by atoms with E-state index in [0.29, 0.717) is 5.82 Å². The number of nitrogens with one attached hydrogen (secondary N) is 1. The molecule has 1 saturated heterocycles. The van der Waals surface area contributed by atoms with Gasteiger partial charge in [0.1, 0.15) is 11.5 Å². The molecule has 1 atom stereocenters. The molecule has 1 fully saturated rings. The molecule has 0 aliphatic carbocycles. The Labute approximate surface area is 144 Å². The van der Waals surface area contributed by atoms with Crippen LogP contribution in [0.2, 0.25) is 0 Å². The molecular weight excluding hydrogens is 316 g/mol. The second kappa shape index (κ2) is 6.35. The molecule has 7 heteroatoms. The first kappa shape index (κ1) is 15.3. The molecule has 0 bridgehead atoms. The van der Waals surface area contributed by atoms with Gasteiger partial charge in [-0.05, 0) is 25.0 Å². The van der Waals surface area contributed by atoms with Crippen molar-refractivity contribution in [2.75, 3.05) is 11.4 Å². The van der Waals surface area contributed by atoms with Crippen molar-refractivity contribution in [3.05, 3.63) is 60.2 Å². The number of rotatable bonds is 4. The minimum absolute atomic E-state index is 0.0908. The summed E-state index contributed by atoms with van der Waals surface area (Å²) >= 11 is 0. The molecule has 4 rings (SSSR count). The number of aromatic nitrogens is 4. The number of carbonyl (C=O) groups is 1. The van der Waals surface area contributed by atoms with Crippen LogP contribution < -0.4 is 10.6 Å². The predicted octanol–water partition coefficient (Wildman–Crippen LogP) is 2.31. The number of aromatic amines is 1. The van der Waals surface area contributed by atoms with E-state index in [0.717, 1.165) is 36.5 Å². The fourth-order valence-electron chi connectivity index (χ4n) is 3.23. The van der Waals surface area contributed by atoms with Crippen molar-refractivity contribution in [2.24, 2.45) is 5.73 Å². The number of benzene rings is 1. The standard InChI is InChI=1S/C18H18N6O/c19-16(25)14-11-13(8-9-20-14)24-10-4-7-15(24)18-21-17(22-23-18)12-5-2-1-3-6-12/h1-3,5-6,8-9,11,15H,4,7,10H2,(H2,19,25)(H,21,22,23)/t15-/m1/s1. The van der Waals surface area contributed by atoms with Gasteiger partial charge in [-0.1, -0.05) is 30.3 Å². The van der Waals surface area contributed by atoms with E-state index < -0.39 is 5.91 Å². The van der Waals surface area contributed by atoms with E-state index in [1.165, 1.54) is 0 Å². The molecule has 126 valence electrons. The van der Waals surface area contributed by atoms with Crippen LogP contribution in [0.15, 0.2) is 48.7 Å². The van der Waals surface area contributed by atoms with E-state index in [2.05, 4.69) is 25.1 Å². The van der Waals surface area contributed by atoms with Gasteiger partial charge in [-0.2, -0.15) is 5.10 Å². The molecule has 0 spiro atoms. The lowest BCUT2D eigenvalue weighted by molar-refractivity contribution is 0.0995. The van der Waals surface area contributed by atoms with Crippen LogP contribution in [0.5, 0.6) is 0 Å². The number of hydrogen-bond acceptors (Lipinski definition) is 5. The Kier molecular flexibility index (Phi) is 3.89. The van der Waals surface area contributed by atoms with Gasteiger partial charge in [0.25, 0.3) is 5.91 Å². The third kappa shape index (κ3) is 2.96. The summed E-state index contributed by atoms with van der Waals surface area (Å²) in [5, 5.41) is 7.43. The van der Waals surface area contributed by atoms with Gasteiger partial charge in [-0.25, -0.2) is 4.98 Å². The summed E-state index contributed by atoms with van der Waals surface area (Å²) in [7, 11) is 0. The van der Waals surface area contributed by atoms with Crippen molar-refractivity contribution < 1.29 is 4.79 Å². The van der Waals surface area contributed by atoms with Crippen LogP contribution in [0.3, 0.4) is 0 Å². The smallest absolute Gasteiger partial charge is 0.267 e. The first-order valence-electron chi connectivity index (χ1n) is 8.22. The van der Waals surface area contributed by atoms with Crippen molar-refractivity contribution in [3.8, 4) is 11.4 Å². The normalized spacial score (nSPS) is 17.0. The van der Waals surface area contributed by atoms with Gasteiger partial charge in [0, 0.05) is 24.0 Å². The maximum atomic E-state index is 11.4. The average molecular weight is 334 g/mol. The number of primary amides is 1. The number of H-pyrrole nitrogens is 1. The number of amides is 1.